The van der Waals surface area contributed by atoms with Crippen molar-refractivity contribution in [3.05, 3.63) is 101 Å². The van der Waals surface area contributed by atoms with Gasteiger partial charge in [0.05, 0.1) is 11.5 Å². The summed E-state index contributed by atoms with van der Waals surface area (Å²) in [6, 6.07) is 25.2. The van der Waals surface area contributed by atoms with Crippen LogP contribution in [0.1, 0.15) is 27.3 Å². The molecule has 8 nitrogen and oxygen atoms in total. The predicted octanol–water partition coefficient (Wildman–Crippen LogP) is 3.74. The second-order valence-corrected chi connectivity index (χ2v) is 11.5. The first kappa shape index (κ1) is 24.9. The molecule has 1 aliphatic heterocycles. The highest BCUT2D eigenvalue weighted by atomic mass is 32.2. The van der Waals surface area contributed by atoms with Crippen molar-refractivity contribution >= 4 is 21.4 Å². The molecule has 0 unspecified atom stereocenters. The molecule has 1 aliphatic rings. The number of benzene rings is 3. The Hall–Kier alpha value is -3.82. The fraction of sp³-hybridized carbons (Fsp3) is 0.250. The highest BCUT2D eigenvalue weighted by Gasteiger charge is 2.21. The molecule has 2 heterocycles. The summed E-state index contributed by atoms with van der Waals surface area (Å²) in [7, 11) is -2.91. The smallest absolute Gasteiger partial charge is 0.255 e. The fourth-order valence-corrected chi connectivity index (χ4v) is 5.61. The number of amides is 1. The third-order valence-corrected chi connectivity index (χ3v) is 8.07. The molecular formula is C28H29N5O3S. The Morgan fingerprint density at radius 2 is 1.62 bits per heavy atom. The third-order valence-electron chi connectivity index (χ3n) is 6.46. The summed E-state index contributed by atoms with van der Waals surface area (Å²) < 4.78 is 23.3. The van der Waals surface area contributed by atoms with Crippen LogP contribution in [0.3, 0.4) is 0 Å². The van der Waals surface area contributed by atoms with Crippen LogP contribution in [-0.4, -0.2) is 59.0 Å². The largest absolute Gasteiger partial charge is 0.322 e. The first-order valence-electron chi connectivity index (χ1n) is 12.3. The van der Waals surface area contributed by atoms with E-state index in [1.807, 2.05) is 60.7 Å². The number of hydrogen-bond donors (Lipinski definition) is 2. The van der Waals surface area contributed by atoms with Crippen molar-refractivity contribution in [1.29, 1.82) is 0 Å². The van der Waals surface area contributed by atoms with E-state index >= 15 is 0 Å². The number of rotatable bonds is 8. The highest BCUT2D eigenvalue weighted by molar-refractivity contribution is 7.91. The van der Waals surface area contributed by atoms with Crippen molar-refractivity contribution < 1.29 is 13.2 Å². The van der Waals surface area contributed by atoms with E-state index in [0.29, 0.717) is 36.7 Å². The average molecular weight is 516 g/mol. The van der Waals surface area contributed by atoms with Crippen molar-refractivity contribution in [2.45, 2.75) is 19.4 Å². The lowest BCUT2D eigenvalue weighted by Gasteiger charge is -2.26. The van der Waals surface area contributed by atoms with E-state index in [4.69, 9.17) is 0 Å². The minimum Gasteiger partial charge on any atom is -0.322 e. The first-order chi connectivity index (χ1) is 17.9. The lowest BCUT2D eigenvalue weighted by atomic mass is 10.1. The van der Waals surface area contributed by atoms with E-state index in [9.17, 15) is 13.2 Å². The number of carbonyl (C=O) groups excluding carboxylic acids is 1. The standard InChI is InChI=1S/C28H29N5O3S/c34-28(24-8-4-7-22(19-24)20-33-15-17-37(35,36)18-16-33)29-25-12-10-23(11-13-25)27-30-26(31-32-27)14-9-21-5-2-1-3-6-21/h1-8,10-13,19H,9,14-18,20H2,(H,29,34)(H,30,31,32). The number of hydrogen-bond acceptors (Lipinski definition) is 6. The van der Waals surface area contributed by atoms with Crippen LogP contribution >= 0.6 is 0 Å². The Balaban J connectivity index is 1.17. The topological polar surface area (TPSA) is 108 Å². The van der Waals surface area contributed by atoms with Gasteiger partial charge >= 0.3 is 0 Å². The van der Waals surface area contributed by atoms with E-state index in [1.54, 1.807) is 6.07 Å². The minimum absolute atomic E-state index is 0.187. The van der Waals surface area contributed by atoms with Crippen molar-refractivity contribution in [2.24, 2.45) is 0 Å². The molecule has 1 fully saturated rings. The second kappa shape index (κ2) is 11.1. The SMILES string of the molecule is O=C(Nc1ccc(-c2nc(CCc3ccccc3)n[nH]2)cc1)c1cccc(CN2CCS(=O)(=O)CC2)c1. The number of aromatic amines is 1. The van der Waals surface area contributed by atoms with Crippen LogP contribution in [0.2, 0.25) is 0 Å². The van der Waals surface area contributed by atoms with E-state index in [2.05, 4.69) is 37.5 Å². The molecule has 0 spiro atoms. The van der Waals surface area contributed by atoms with Gasteiger partial charge in [-0.2, -0.15) is 5.10 Å². The van der Waals surface area contributed by atoms with Crippen molar-refractivity contribution in [2.75, 3.05) is 29.9 Å². The summed E-state index contributed by atoms with van der Waals surface area (Å²) in [5, 5.41) is 10.3. The molecule has 9 heteroatoms. The normalized spacial score (nSPS) is 15.4. The molecule has 0 bridgehead atoms. The van der Waals surface area contributed by atoms with Crippen molar-refractivity contribution in [3.63, 3.8) is 0 Å². The maximum atomic E-state index is 12.9. The maximum Gasteiger partial charge on any atom is 0.255 e. The van der Waals surface area contributed by atoms with Gasteiger partial charge in [-0.3, -0.25) is 14.8 Å². The van der Waals surface area contributed by atoms with Gasteiger partial charge in [0, 0.05) is 42.9 Å². The molecule has 0 aliphatic carbocycles. The Morgan fingerprint density at radius 3 is 2.38 bits per heavy atom. The molecule has 4 aromatic rings. The van der Waals surface area contributed by atoms with Gasteiger partial charge < -0.3 is 5.32 Å². The summed E-state index contributed by atoms with van der Waals surface area (Å²) in [4.78, 5) is 19.6. The molecule has 1 amide bonds. The maximum absolute atomic E-state index is 12.9. The summed E-state index contributed by atoms with van der Waals surface area (Å²) in [6.07, 6.45) is 1.63. The van der Waals surface area contributed by atoms with Crippen LogP contribution in [0.15, 0.2) is 78.9 Å². The molecule has 0 radical (unpaired) electrons. The second-order valence-electron chi connectivity index (χ2n) is 9.25. The molecule has 0 saturated carbocycles. The number of sulfone groups is 1. The lowest BCUT2D eigenvalue weighted by molar-refractivity contribution is 0.102. The van der Waals surface area contributed by atoms with Crippen LogP contribution in [0, 0.1) is 0 Å². The van der Waals surface area contributed by atoms with Crippen LogP contribution in [0.5, 0.6) is 0 Å². The zero-order chi connectivity index (χ0) is 25.7. The van der Waals surface area contributed by atoms with Crippen molar-refractivity contribution in [1.82, 2.24) is 20.1 Å². The molecule has 190 valence electrons. The quantitative estimate of drug-likeness (QED) is 0.370. The van der Waals surface area contributed by atoms with Crippen molar-refractivity contribution in [3.8, 4) is 11.4 Å². The summed E-state index contributed by atoms with van der Waals surface area (Å²) in [5.74, 6) is 1.64. The molecule has 1 aromatic heterocycles. The van der Waals surface area contributed by atoms with E-state index < -0.39 is 9.84 Å². The minimum atomic E-state index is -2.91. The van der Waals surface area contributed by atoms with Crippen LogP contribution < -0.4 is 5.32 Å². The summed E-state index contributed by atoms with van der Waals surface area (Å²) in [5.41, 5.74) is 4.37. The molecule has 5 rings (SSSR count). The zero-order valence-electron chi connectivity index (χ0n) is 20.4. The molecular weight excluding hydrogens is 486 g/mol. The summed E-state index contributed by atoms with van der Waals surface area (Å²) in [6.45, 7) is 1.66. The monoisotopic (exact) mass is 515 g/mol. The number of nitrogens with one attached hydrogen (secondary N) is 2. The molecule has 3 aromatic carbocycles. The van der Waals surface area contributed by atoms with Gasteiger partial charge in [0.1, 0.15) is 0 Å². The first-order valence-corrected chi connectivity index (χ1v) is 14.1. The van der Waals surface area contributed by atoms with Gasteiger partial charge in [0.25, 0.3) is 5.91 Å². The fourth-order valence-electron chi connectivity index (χ4n) is 4.33. The molecule has 1 saturated heterocycles. The van der Waals surface area contributed by atoms with Gasteiger partial charge in [0.15, 0.2) is 21.5 Å². The Labute approximate surface area is 216 Å². The Morgan fingerprint density at radius 1 is 0.892 bits per heavy atom. The molecule has 0 atom stereocenters. The third kappa shape index (κ3) is 6.69. The van der Waals surface area contributed by atoms with Gasteiger partial charge in [-0.1, -0.05) is 42.5 Å². The molecule has 2 N–H and O–H groups in total. The Bertz CT molecular complexity index is 1450. The van der Waals surface area contributed by atoms with E-state index in [1.165, 1.54) is 5.56 Å². The van der Waals surface area contributed by atoms with Gasteiger partial charge in [-0.15, -0.1) is 0 Å². The number of aryl methyl sites for hydroxylation is 2. The van der Waals surface area contributed by atoms with E-state index in [-0.39, 0.29) is 17.4 Å². The van der Waals surface area contributed by atoms with Gasteiger partial charge in [-0.05, 0) is 53.9 Å². The lowest BCUT2D eigenvalue weighted by Crippen LogP contribution is -2.39. The Kier molecular flexibility index (Phi) is 7.43. The average Bonchev–Trinajstić information content (AvgIpc) is 3.39. The highest BCUT2D eigenvalue weighted by Crippen LogP contribution is 2.19. The van der Waals surface area contributed by atoms with E-state index in [0.717, 1.165) is 29.8 Å². The number of nitrogens with zero attached hydrogens (tertiary/aromatic N) is 3. The van der Waals surface area contributed by atoms with Crippen LogP contribution in [0.25, 0.3) is 11.4 Å². The number of carbonyl (C=O) groups is 1. The predicted molar refractivity (Wildman–Crippen MR) is 144 cm³/mol. The van der Waals surface area contributed by atoms with Gasteiger partial charge in [0.2, 0.25) is 0 Å². The number of aromatic nitrogens is 3. The number of anilines is 1. The molecule has 37 heavy (non-hydrogen) atoms. The van der Waals surface area contributed by atoms with Crippen LogP contribution in [-0.2, 0) is 29.2 Å². The van der Waals surface area contributed by atoms with Gasteiger partial charge in [-0.25, -0.2) is 13.4 Å². The summed E-state index contributed by atoms with van der Waals surface area (Å²) >= 11 is 0. The van der Waals surface area contributed by atoms with Crippen LogP contribution in [0.4, 0.5) is 5.69 Å². The number of H-pyrrole nitrogens is 1. The zero-order valence-corrected chi connectivity index (χ0v) is 21.2.